The van der Waals surface area contributed by atoms with Crippen molar-refractivity contribution in [1.82, 2.24) is 19.7 Å². The minimum atomic E-state index is -0.281. The van der Waals surface area contributed by atoms with Gasteiger partial charge in [0.15, 0.2) is 0 Å². The molecule has 2 aliphatic rings. The van der Waals surface area contributed by atoms with Crippen molar-refractivity contribution >= 4 is 29.1 Å². The number of carbonyl (C=O) groups is 3. The summed E-state index contributed by atoms with van der Waals surface area (Å²) in [6, 6.07) is 13.1. The van der Waals surface area contributed by atoms with E-state index in [1.54, 1.807) is 47.7 Å². The Morgan fingerprint density at radius 2 is 1.60 bits per heavy atom. The second-order valence-corrected chi connectivity index (χ2v) is 9.64. The van der Waals surface area contributed by atoms with Crippen molar-refractivity contribution in [2.24, 2.45) is 0 Å². The molecule has 1 fully saturated rings. The third kappa shape index (κ3) is 5.01. The lowest BCUT2D eigenvalue weighted by Crippen LogP contribution is -2.48. The van der Waals surface area contributed by atoms with Gasteiger partial charge in [0.25, 0.3) is 11.8 Å². The molecule has 0 bridgehead atoms. The molecule has 3 amide bonds. The highest BCUT2D eigenvalue weighted by Crippen LogP contribution is 2.24. The normalized spacial score (nSPS) is 16.1. The maximum absolute atomic E-state index is 13.1. The van der Waals surface area contributed by atoms with Crippen molar-refractivity contribution in [2.75, 3.05) is 32.7 Å². The number of imide groups is 1. The summed E-state index contributed by atoms with van der Waals surface area (Å²) in [7, 11) is 0. The lowest BCUT2D eigenvalue weighted by molar-refractivity contribution is -0.133. The molecule has 2 aromatic carbocycles. The minimum absolute atomic E-state index is 0.0501. The second kappa shape index (κ2) is 10.1. The highest BCUT2D eigenvalue weighted by Gasteiger charge is 2.34. The van der Waals surface area contributed by atoms with Crippen LogP contribution in [0.2, 0.25) is 0 Å². The van der Waals surface area contributed by atoms with Crippen molar-refractivity contribution in [3.8, 4) is 11.3 Å². The number of carbonyl (C=O) groups excluding carboxylic acids is 3. The number of fused-ring (bicyclic) bond motifs is 1. The SMILES string of the molecule is O=C(CCCN1C(=O)c2ccccc2C1=O)N1CCN(Cc2nc(-c3ccc(F)cc3)cs2)CC1. The predicted octanol–water partition coefficient (Wildman–Crippen LogP) is 3.67. The number of amides is 3. The summed E-state index contributed by atoms with van der Waals surface area (Å²) in [5.74, 6) is -0.776. The zero-order valence-electron chi connectivity index (χ0n) is 19.2. The van der Waals surface area contributed by atoms with E-state index in [1.807, 2.05) is 10.3 Å². The Labute approximate surface area is 206 Å². The highest BCUT2D eigenvalue weighted by molar-refractivity contribution is 7.09. The molecular formula is C26H25FN4O3S. The van der Waals surface area contributed by atoms with Gasteiger partial charge < -0.3 is 4.90 Å². The standard InChI is InChI=1S/C26H25FN4O3S/c27-19-9-7-18(8-10-19)22-17-35-23(28-22)16-29-12-14-30(15-13-29)24(32)6-3-11-31-25(33)20-4-1-2-5-21(20)26(31)34/h1-2,4-5,7-10,17H,3,6,11-16H2. The summed E-state index contributed by atoms with van der Waals surface area (Å²) in [6.07, 6.45) is 0.761. The quantitative estimate of drug-likeness (QED) is 0.471. The van der Waals surface area contributed by atoms with Crippen LogP contribution in [0, 0.1) is 5.82 Å². The first kappa shape index (κ1) is 23.3. The van der Waals surface area contributed by atoms with E-state index in [9.17, 15) is 18.8 Å². The molecule has 1 saturated heterocycles. The van der Waals surface area contributed by atoms with E-state index >= 15 is 0 Å². The minimum Gasteiger partial charge on any atom is -0.340 e. The zero-order valence-corrected chi connectivity index (χ0v) is 20.0. The van der Waals surface area contributed by atoms with Crippen LogP contribution in [0.5, 0.6) is 0 Å². The molecule has 3 heterocycles. The van der Waals surface area contributed by atoms with Gasteiger partial charge in [-0.05, 0) is 42.8 Å². The van der Waals surface area contributed by atoms with Crippen molar-refractivity contribution in [2.45, 2.75) is 19.4 Å². The smallest absolute Gasteiger partial charge is 0.261 e. The molecule has 5 rings (SSSR count). The molecule has 2 aliphatic heterocycles. The number of benzene rings is 2. The van der Waals surface area contributed by atoms with Gasteiger partial charge in [0.05, 0.1) is 23.4 Å². The molecule has 0 N–H and O–H groups in total. The Hall–Kier alpha value is -3.43. The maximum Gasteiger partial charge on any atom is 0.261 e. The Kier molecular flexibility index (Phi) is 6.70. The van der Waals surface area contributed by atoms with Gasteiger partial charge in [-0.2, -0.15) is 0 Å². The van der Waals surface area contributed by atoms with E-state index in [0.717, 1.165) is 29.4 Å². The van der Waals surface area contributed by atoms with Gasteiger partial charge in [0.2, 0.25) is 5.91 Å². The van der Waals surface area contributed by atoms with E-state index < -0.39 is 0 Å². The molecule has 0 aliphatic carbocycles. The van der Waals surface area contributed by atoms with E-state index in [1.165, 1.54) is 17.0 Å². The van der Waals surface area contributed by atoms with Crippen LogP contribution < -0.4 is 0 Å². The van der Waals surface area contributed by atoms with Gasteiger partial charge in [0.1, 0.15) is 10.8 Å². The third-order valence-electron chi connectivity index (χ3n) is 6.43. The lowest BCUT2D eigenvalue weighted by Gasteiger charge is -2.34. The van der Waals surface area contributed by atoms with Crippen molar-refractivity contribution in [3.63, 3.8) is 0 Å². The molecular weight excluding hydrogens is 467 g/mol. The summed E-state index contributed by atoms with van der Waals surface area (Å²) in [5, 5.41) is 2.97. The van der Waals surface area contributed by atoms with Crippen LogP contribution in [-0.4, -0.2) is 70.1 Å². The molecule has 0 spiro atoms. The van der Waals surface area contributed by atoms with E-state index in [2.05, 4.69) is 9.88 Å². The largest absolute Gasteiger partial charge is 0.340 e. The highest BCUT2D eigenvalue weighted by atomic mass is 32.1. The Bertz CT molecular complexity index is 1220. The Balaban J connectivity index is 1.06. The van der Waals surface area contributed by atoms with Crippen LogP contribution in [0.1, 0.15) is 38.6 Å². The van der Waals surface area contributed by atoms with Crippen LogP contribution in [-0.2, 0) is 11.3 Å². The molecule has 35 heavy (non-hydrogen) atoms. The molecule has 0 unspecified atom stereocenters. The van der Waals surface area contributed by atoms with Crippen LogP contribution >= 0.6 is 11.3 Å². The summed E-state index contributed by atoms with van der Waals surface area (Å²) in [5.41, 5.74) is 2.61. The fourth-order valence-electron chi connectivity index (χ4n) is 4.47. The predicted molar refractivity (Wildman–Crippen MR) is 130 cm³/mol. The van der Waals surface area contributed by atoms with E-state index in [0.29, 0.717) is 43.6 Å². The monoisotopic (exact) mass is 492 g/mol. The van der Waals surface area contributed by atoms with E-state index in [-0.39, 0.29) is 30.1 Å². The van der Waals surface area contributed by atoms with Gasteiger partial charge >= 0.3 is 0 Å². The molecule has 0 radical (unpaired) electrons. The first-order chi connectivity index (χ1) is 17.0. The number of nitrogens with zero attached hydrogens (tertiary/aromatic N) is 4. The van der Waals surface area contributed by atoms with Crippen LogP contribution in [0.3, 0.4) is 0 Å². The zero-order chi connectivity index (χ0) is 24.4. The third-order valence-corrected chi connectivity index (χ3v) is 7.26. The molecule has 0 saturated carbocycles. The van der Waals surface area contributed by atoms with Crippen molar-refractivity contribution in [1.29, 1.82) is 0 Å². The Morgan fingerprint density at radius 3 is 2.26 bits per heavy atom. The number of aromatic nitrogens is 1. The number of hydrogen-bond donors (Lipinski definition) is 0. The first-order valence-electron chi connectivity index (χ1n) is 11.7. The number of rotatable bonds is 7. The molecule has 180 valence electrons. The van der Waals surface area contributed by atoms with Gasteiger partial charge in [0, 0.05) is 50.1 Å². The molecule has 1 aromatic heterocycles. The summed E-state index contributed by atoms with van der Waals surface area (Å²) in [4.78, 5) is 47.6. The maximum atomic E-state index is 13.1. The van der Waals surface area contributed by atoms with Crippen LogP contribution in [0.25, 0.3) is 11.3 Å². The van der Waals surface area contributed by atoms with Crippen LogP contribution in [0.15, 0.2) is 53.9 Å². The topological polar surface area (TPSA) is 73.8 Å². The fraction of sp³-hybridized carbons (Fsp3) is 0.308. The number of thiazole rings is 1. The van der Waals surface area contributed by atoms with Gasteiger partial charge in [-0.1, -0.05) is 12.1 Å². The molecule has 3 aromatic rings. The number of hydrogen-bond acceptors (Lipinski definition) is 6. The molecule has 7 nitrogen and oxygen atoms in total. The van der Waals surface area contributed by atoms with Crippen molar-refractivity contribution < 1.29 is 18.8 Å². The summed E-state index contributed by atoms with van der Waals surface area (Å²) < 4.78 is 13.1. The number of halogens is 1. The summed E-state index contributed by atoms with van der Waals surface area (Å²) >= 11 is 1.58. The van der Waals surface area contributed by atoms with E-state index in [4.69, 9.17) is 0 Å². The van der Waals surface area contributed by atoms with Crippen molar-refractivity contribution in [3.05, 3.63) is 75.9 Å². The number of piperazine rings is 1. The first-order valence-corrected chi connectivity index (χ1v) is 12.5. The Morgan fingerprint density at radius 1 is 0.943 bits per heavy atom. The van der Waals surface area contributed by atoms with Crippen LogP contribution in [0.4, 0.5) is 4.39 Å². The van der Waals surface area contributed by atoms with Gasteiger partial charge in [-0.15, -0.1) is 11.3 Å². The second-order valence-electron chi connectivity index (χ2n) is 8.70. The lowest BCUT2D eigenvalue weighted by atomic mass is 10.1. The van der Waals surface area contributed by atoms with Gasteiger partial charge in [-0.25, -0.2) is 9.37 Å². The molecule has 9 heteroatoms. The summed E-state index contributed by atoms with van der Waals surface area (Å²) in [6.45, 7) is 3.77. The van der Waals surface area contributed by atoms with Gasteiger partial charge in [-0.3, -0.25) is 24.2 Å². The average molecular weight is 493 g/mol. The molecule has 0 atom stereocenters. The average Bonchev–Trinajstić information content (AvgIpc) is 3.43. The fourth-order valence-corrected chi connectivity index (χ4v) is 5.32.